The van der Waals surface area contributed by atoms with Crippen LogP contribution in [0.1, 0.15) is 45.4 Å². The average molecular weight is 239 g/mol. The van der Waals surface area contributed by atoms with Crippen LogP contribution in [0.15, 0.2) is 0 Å². The van der Waals surface area contributed by atoms with E-state index in [-0.39, 0.29) is 0 Å². The number of unbranched alkanes of at least 4 members (excludes halogenated alkanes) is 1. The molecule has 0 aromatic carbocycles. The Morgan fingerprint density at radius 2 is 2.00 bits per heavy atom. The monoisotopic (exact) mass is 239 g/mol. The molecule has 2 N–H and O–H groups in total. The molecule has 0 amide bonds. The summed E-state index contributed by atoms with van der Waals surface area (Å²) in [6.07, 6.45) is 8.09. The van der Waals surface area contributed by atoms with E-state index in [0.717, 1.165) is 12.6 Å². The standard InChI is InChI=1S/C14H29N3/c1-2-3-6-13(11-15)17-10-7-14(12-17)16-8-4-5-9-16/h13-14H,2-12,15H2,1H3. The van der Waals surface area contributed by atoms with Crippen molar-refractivity contribution in [2.75, 3.05) is 32.7 Å². The van der Waals surface area contributed by atoms with E-state index in [9.17, 15) is 0 Å². The lowest BCUT2D eigenvalue weighted by Gasteiger charge is -2.28. The zero-order valence-electron chi connectivity index (χ0n) is 11.4. The van der Waals surface area contributed by atoms with Crippen LogP contribution in [0, 0.1) is 0 Å². The summed E-state index contributed by atoms with van der Waals surface area (Å²) in [5, 5.41) is 0. The molecule has 3 heteroatoms. The summed E-state index contributed by atoms with van der Waals surface area (Å²) < 4.78 is 0. The van der Waals surface area contributed by atoms with Crippen LogP contribution in [0.3, 0.4) is 0 Å². The minimum Gasteiger partial charge on any atom is -0.329 e. The van der Waals surface area contributed by atoms with Crippen LogP contribution >= 0.6 is 0 Å². The maximum absolute atomic E-state index is 5.94. The van der Waals surface area contributed by atoms with Crippen molar-refractivity contribution in [1.29, 1.82) is 0 Å². The fraction of sp³-hybridized carbons (Fsp3) is 1.00. The van der Waals surface area contributed by atoms with Gasteiger partial charge in [0.25, 0.3) is 0 Å². The van der Waals surface area contributed by atoms with Gasteiger partial charge in [0, 0.05) is 31.7 Å². The Kier molecular flexibility index (Phi) is 5.26. The highest BCUT2D eigenvalue weighted by atomic mass is 15.3. The Labute approximate surface area is 106 Å². The highest BCUT2D eigenvalue weighted by Gasteiger charge is 2.31. The van der Waals surface area contributed by atoms with Gasteiger partial charge in [0.2, 0.25) is 0 Å². The van der Waals surface area contributed by atoms with Gasteiger partial charge in [0.15, 0.2) is 0 Å². The number of rotatable bonds is 6. The van der Waals surface area contributed by atoms with Gasteiger partial charge < -0.3 is 5.73 Å². The zero-order valence-corrected chi connectivity index (χ0v) is 11.4. The molecular formula is C14H29N3. The molecule has 0 aromatic rings. The highest BCUT2D eigenvalue weighted by molar-refractivity contribution is 4.88. The maximum atomic E-state index is 5.94. The van der Waals surface area contributed by atoms with Gasteiger partial charge in [-0.15, -0.1) is 0 Å². The van der Waals surface area contributed by atoms with Crippen LogP contribution in [-0.4, -0.2) is 54.6 Å². The second-order valence-electron chi connectivity index (χ2n) is 5.71. The van der Waals surface area contributed by atoms with Crippen LogP contribution in [0.25, 0.3) is 0 Å². The summed E-state index contributed by atoms with van der Waals surface area (Å²) in [6.45, 7) is 8.32. The fourth-order valence-electron chi connectivity index (χ4n) is 3.39. The Morgan fingerprint density at radius 1 is 1.24 bits per heavy atom. The average Bonchev–Trinajstić information content (AvgIpc) is 3.00. The first-order valence-electron chi connectivity index (χ1n) is 7.53. The lowest BCUT2D eigenvalue weighted by atomic mass is 10.1. The summed E-state index contributed by atoms with van der Waals surface area (Å²) in [6, 6.07) is 1.47. The molecule has 2 saturated heterocycles. The van der Waals surface area contributed by atoms with E-state index in [2.05, 4.69) is 16.7 Å². The summed E-state index contributed by atoms with van der Waals surface area (Å²) in [5.41, 5.74) is 5.94. The zero-order chi connectivity index (χ0) is 12.1. The molecule has 0 bridgehead atoms. The minimum absolute atomic E-state index is 0.641. The molecule has 100 valence electrons. The smallest absolute Gasteiger partial charge is 0.0235 e. The van der Waals surface area contributed by atoms with Crippen molar-refractivity contribution in [2.45, 2.75) is 57.5 Å². The number of nitrogens with two attached hydrogens (primary N) is 1. The second kappa shape index (κ2) is 6.72. The lowest BCUT2D eigenvalue weighted by Crippen LogP contribution is -2.42. The van der Waals surface area contributed by atoms with Crippen molar-refractivity contribution < 1.29 is 0 Å². The van der Waals surface area contributed by atoms with Crippen LogP contribution < -0.4 is 5.73 Å². The third-order valence-electron chi connectivity index (χ3n) is 4.53. The Balaban J connectivity index is 1.78. The Hall–Kier alpha value is -0.120. The molecule has 2 heterocycles. The number of hydrogen-bond donors (Lipinski definition) is 1. The van der Waals surface area contributed by atoms with Gasteiger partial charge in [-0.2, -0.15) is 0 Å². The third kappa shape index (κ3) is 3.43. The molecule has 2 atom stereocenters. The van der Waals surface area contributed by atoms with Crippen LogP contribution in [0.4, 0.5) is 0 Å². The van der Waals surface area contributed by atoms with E-state index < -0.39 is 0 Å². The van der Waals surface area contributed by atoms with Gasteiger partial charge in [-0.3, -0.25) is 9.80 Å². The number of hydrogen-bond acceptors (Lipinski definition) is 3. The first-order chi connectivity index (χ1) is 8.35. The molecule has 2 aliphatic heterocycles. The van der Waals surface area contributed by atoms with Crippen molar-refractivity contribution in [2.24, 2.45) is 5.73 Å². The summed E-state index contributed by atoms with van der Waals surface area (Å²) >= 11 is 0. The van der Waals surface area contributed by atoms with Crippen LogP contribution in [0.2, 0.25) is 0 Å². The number of nitrogens with zero attached hydrogens (tertiary/aromatic N) is 2. The van der Waals surface area contributed by atoms with Gasteiger partial charge in [0.05, 0.1) is 0 Å². The van der Waals surface area contributed by atoms with Crippen molar-refractivity contribution in [1.82, 2.24) is 9.80 Å². The van der Waals surface area contributed by atoms with Crippen LogP contribution in [0.5, 0.6) is 0 Å². The van der Waals surface area contributed by atoms with E-state index in [1.807, 2.05) is 0 Å². The molecule has 0 radical (unpaired) electrons. The van der Waals surface area contributed by atoms with Crippen molar-refractivity contribution >= 4 is 0 Å². The number of likely N-dealkylation sites (tertiary alicyclic amines) is 2. The van der Waals surface area contributed by atoms with Crippen molar-refractivity contribution in [3.05, 3.63) is 0 Å². The fourth-order valence-corrected chi connectivity index (χ4v) is 3.39. The lowest BCUT2D eigenvalue weighted by molar-refractivity contribution is 0.194. The summed E-state index contributed by atoms with van der Waals surface area (Å²) in [5.74, 6) is 0. The molecule has 17 heavy (non-hydrogen) atoms. The van der Waals surface area contributed by atoms with Gasteiger partial charge in [0.1, 0.15) is 0 Å². The van der Waals surface area contributed by atoms with Gasteiger partial charge in [-0.1, -0.05) is 19.8 Å². The predicted octanol–water partition coefficient (Wildman–Crippen LogP) is 1.67. The van der Waals surface area contributed by atoms with E-state index in [1.54, 1.807) is 0 Å². The normalized spacial score (nSPS) is 28.9. The van der Waals surface area contributed by atoms with Crippen LogP contribution in [-0.2, 0) is 0 Å². The van der Waals surface area contributed by atoms with Gasteiger partial charge in [-0.25, -0.2) is 0 Å². The summed E-state index contributed by atoms with van der Waals surface area (Å²) in [4.78, 5) is 5.35. The molecule has 2 unspecified atom stereocenters. The Morgan fingerprint density at radius 3 is 2.65 bits per heavy atom. The maximum Gasteiger partial charge on any atom is 0.0235 e. The highest BCUT2D eigenvalue weighted by Crippen LogP contribution is 2.23. The molecular weight excluding hydrogens is 210 g/mol. The van der Waals surface area contributed by atoms with Gasteiger partial charge >= 0.3 is 0 Å². The quantitative estimate of drug-likeness (QED) is 0.765. The first kappa shape index (κ1) is 13.3. The van der Waals surface area contributed by atoms with Crippen molar-refractivity contribution in [3.63, 3.8) is 0 Å². The van der Waals surface area contributed by atoms with Crippen molar-refractivity contribution in [3.8, 4) is 0 Å². The molecule has 0 spiro atoms. The van der Waals surface area contributed by atoms with E-state index in [0.29, 0.717) is 6.04 Å². The molecule has 0 saturated carbocycles. The second-order valence-corrected chi connectivity index (χ2v) is 5.71. The Bertz CT molecular complexity index is 214. The minimum atomic E-state index is 0.641. The molecule has 3 nitrogen and oxygen atoms in total. The molecule has 2 fully saturated rings. The first-order valence-corrected chi connectivity index (χ1v) is 7.53. The molecule has 0 aliphatic carbocycles. The molecule has 0 aromatic heterocycles. The van der Waals surface area contributed by atoms with E-state index in [4.69, 9.17) is 5.73 Å². The largest absolute Gasteiger partial charge is 0.329 e. The third-order valence-corrected chi connectivity index (χ3v) is 4.53. The molecule has 2 rings (SSSR count). The topological polar surface area (TPSA) is 32.5 Å². The SMILES string of the molecule is CCCCC(CN)N1CCC(N2CCCC2)C1. The molecule has 2 aliphatic rings. The van der Waals surface area contributed by atoms with Gasteiger partial charge in [-0.05, 0) is 38.8 Å². The predicted molar refractivity (Wildman–Crippen MR) is 73.2 cm³/mol. The van der Waals surface area contributed by atoms with E-state index in [1.165, 1.54) is 64.7 Å². The van der Waals surface area contributed by atoms with E-state index >= 15 is 0 Å². The summed E-state index contributed by atoms with van der Waals surface area (Å²) in [7, 11) is 0.